The van der Waals surface area contributed by atoms with Crippen molar-refractivity contribution in [3.05, 3.63) is 41.5 Å². The van der Waals surface area contributed by atoms with Gasteiger partial charge in [0.2, 0.25) is 5.91 Å². The Hall–Kier alpha value is -1.54. The van der Waals surface area contributed by atoms with Gasteiger partial charge >= 0.3 is 0 Å². The van der Waals surface area contributed by atoms with Crippen LogP contribution in [0.1, 0.15) is 42.4 Å². The van der Waals surface area contributed by atoms with E-state index in [-0.39, 0.29) is 17.1 Å². The van der Waals surface area contributed by atoms with E-state index in [0.29, 0.717) is 23.8 Å². The Kier molecular flexibility index (Phi) is 5.22. The van der Waals surface area contributed by atoms with E-state index in [1.807, 2.05) is 6.07 Å². The molecule has 2 aromatic rings. The molecule has 8 heteroatoms. The number of aromatic nitrogens is 3. The number of benzene rings is 1. The van der Waals surface area contributed by atoms with Crippen LogP contribution in [0.25, 0.3) is 0 Å². The number of amides is 1. The smallest absolute Gasteiger partial charge is 0.234 e. The minimum atomic E-state index is -0.253. The van der Waals surface area contributed by atoms with Gasteiger partial charge in [0.25, 0.3) is 0 Å². The van der Waals surface area contributed by atoms with Crippen molar-refractivity contribution in [1.29, 1.82) is 0 Å². The highest BCUT2D eigenvalue weighted by atomic mass is 32.2. The standard InChI is InChI=1S/C18H21FN4OS2/c1-2-22-16(12-7-8-12)20-21-18(22)26-11-15(24)23-9-10-25-17(23)13-5-3-4-6-14(13)19/h3-6,12,17H,2,7-11H2,1H3/t17-/m0/s1. The monoisotopic (exact) mass is 392 g/mol. The van der Waals surface area contributed by atoms with E-state index in [4.69, 9.17) is 0 Å². The fourth-order valence-corrected chi connectivity index (χ4v) is 5.41. The van der Waals surface area contributed by atoms with E-state index >= 15 is 0 Å². The maximum Gasteiger partial charge on any atom is 0.234 e. The first-order valence-corrected chi connectivity index (χ1v) is 10.9. The van der Waals surface area contributed by atoms with Gasteiger partial charge in [-0.05, 0) is 25.8 Å². The summed E-state index contributed by atoms with van der Waals surface area (Å²) in [4.78, 5) is 14.6. The number of nitrogens with zero attached hydrogens (tertiary/aromatic N) is 4. The Bertz CT molecular complexity index is 808. The summed E-state index contributed by atoms with van der Waals surface area (Å²) >= 11 is 3.04. The molecule has 0 bridgehead atoms. The molecule has 1 aliphatic carbocycles. The van der Waals surface area contributed by atoms with E-state index in [1.165, 1.54) is 30.7 Å². The summed E-state index contributed by atoms with van der Waals surface area (Å²) in [5.41, 5.74) is 0.584. The quantitative estimate of drug-likeness (QED) is 0.702. The highest BCUT2D eigenvalue weighted by molar-refractivity contribution is 8.00. The van der Waals surface area contributed by atoms with Crippen molar-refractivity contribution < 1.29 is 9.18 Å². The van der Waals surface area contributed by atoms with Crippen molar-refractivity contribution in [2.45, 2.75) is 42.8 Å². The van der Waals surface area contributed by atoms with Crippen molar-refractivity contribution in [2.24, 2.45) is 0 Å². The molecule has 4 rings (SSSR count). The zero-order valence-corrected chi connectivity index (χ0v) is 16.2. The fraction of sp³-hybridized carbons (Fsp3) is 0.500. The first-order valence-electron chi connectivity index (χ1n) is 8.90. The van der Waals surface area contributed by atoms with Crippen LogP contribution in [-0.2, 0) is 11.3 Å². The summed E-state index contributed by atoms with van der Waals surface area (Å²) in [6.45, 7) is 3.54. The Morgan fingerprint density at radius 1 is 1.35 bits per heavy atom. The molecular formula is C18H21FN4OS2. The molecule has 0 radical (unpaired) electrons. The number of hydrogen-bond acceptors (Lipinski definition) is 5. The molecule has 0 unspecified atom stereocenters. The van der Waals surface area contributed by atoms with Gasteiger partial charge in [-0.15, -0.1) is 22.0 Å². The van der Waals surface area contributed by atoms with Crippen LogP contribution in [0.2, 0.25) is 0 Å². The minimum absolute atomic E-state index is 0.0203. The number of carbonyl (C=O) groups is 1. The van der Waals surface area contributed by atoms with Gasteiger partial charge in [0.05, 0.1) is 5.75 Å². The molecule has 0 N–H and O–H groups in total. The van der Waals surface area contributed by atoms with E-state index in [2.05, 4.69) is 21.7 Å². The predicted octanol–water partition coefficient (Wildman–Crippen LogP) is 3.68. The Labute approximate surface area is 160 Å². The first kappa shape index (κ1) is 17.9. The lowest BCUT2D eigenvalue weighted by atomic mass is 10.2. The molecule has 26 heavy (non-hydrogen) atoms. The number of carbonyl (C=O) groups excluding carboxylic acids is 1. The number of rotatable bonds is 6. The third kappa shape index (κ3) is 3.49. The van der Waals surface area contributed by atoms with E-state index < -0.39 is 0 Å². The summed E-state index contributed by atoms with van der Waals surface area (Å²) in [5, 5.41) is 9.15. The van der Waals surface area contributed by atoms with Gasteiger partial charge in [0.1, 0.15) is 17.0 Å². The number of hydrogen-bond donors (Lipinski definition) is 0. The summed E-state index contributed by atoms with van der Waals surface area (Å²) in [6, 6.07) is 6.71. The second-order valence-corrected chi connectivity index (χ2v) is 8.61. The van der Waals surface area contributed by atoms with E-state index in [9.17, 15) is 9.18 Å². The van der Waals surface area contributed by atoms with Gasteiger partial charge in [-0.25, -0.2) is 4.39 Å². The van der Waals surface area contributed by atoms with Crippen LogP contribution in [0.3, 0.4) is 0 Å². The molecule has 5 nitrogen and oxygen atoms in total. The highest BCUT2D eigenvalue weighted by Gasteiger charge is 2.33. The topological polar surface area (TPSA) is 51.0 Å². The van der Waals surface area contributed by atoms with Crippen molar-refractivity contribution in [1.82, 2.24) is 19.7 Å². The second kappa shape index (κ2) is 7.60. The minimum Gasteiger partial charge on any atom is -0.325 e. The lowest BCUT2D eigenvalue weighted by Gasteiger charge is -2.24. The molecular weight excluding hydrogens is 371 g/mol. The van der Waals surface area contributed by atoms with Gasteiger partial charge in [-0.1, -0.05) is 30.0 Å². The van der Waals surface area contributed by atoms with Gasteiger partial charge in [0.15, 0.2) is 5.16 Å². The van der Waals surface area contributed by atoms with Gasteiger partial charge < -0.3 is 9.47 Å². The van der Waals surface area contributed by atoms with Crippen molar-refractivity contribution in [3.63, 3.8) is 0 Å². The third-order valence-corrected chi connectivity index (χ3v) is 6.91. The largest absolute Gasteiger partial charge is 0.325 e. The normalized spacial score (nSPS) is 19.9. The van der Waals surface area contributed by atoms with Gasteiger partial charge in [0, 0.05) is 30.3 Å². The highest BCUT2D eigenvalue weighted by Crippen LogP contribution is 2.41. The van der Waals surface area contributed by atoms with Crippen molar-refractivity contribution in [3.8, 4) is 0 Å². The number of halogens is 1. The summed E-state index contributed by atoms with van der Waals surface area (Å²) in [7, 11) is 0. The first-order chi connectivity index (χ1) is 12.7. The van der Waals surface area contributed by atoms with E-state index in [1.54, 1.807) is 28.8 Å². The molecule has 2 heterocycles. The molecule has 2 fully saturated rings. The average molecular weight is 393 g/mol. The molecule has 1 aromatic heterocycles. The molecule has 138 valence electrons. The third-order valence-electron chi connectivity index (χ3n) is 4.71. The fourth-order valence-electron chi connectivity index (χ4n) is 3.22. The maximum absolute atomic E-state index is 14.1. The Morgan fingerprint density at radius 3 is 2.88 bits per heavy atom. The molecule has 1 saturated carbocycles. The van der Waals surface area contributed by atoms with Crippen LogP contribution in [-0.4, -0.2) is 43.6 Å². The van der Waals surface area contributed by atoms with Gasteiger partial charge in [-0.2, -0.15) is 0 Å². The van der Waals surface area contributed by atoms with Crippen molar-refractivity contribution in [2.75, 3.05) is 18.1 Å². The Balaban J connectivity index is 1.44. The predicted molar refractivity (Wildman–Crippen MR) is 102 cm³/mol. The molecule has 2 aliphatic rings. The SMILES string of the molecule is CCn1c(SCC(=O)N2CCS[C@H]2c2ccccc2F)nnc1C1CC1. The molecule has 1 atom stereocenters. The maximum atomic E-state index is 14.1. The van der Waals surface area contributed by atoms with E-state index in [0.717, 1.165) is 23.3 Å². The van der Waals surface area contributed by atoms with Crippen LogP contribution >= 0.6 is 23.5 Å². The molecule has 0 spiro atoms. The van der Waals surface area contributed by atoms with Crippen molar-refractivity contribution >= 4 is 29.4 Å². The lowest BCUT2D eigenvalue weighted by Crippen LogP contribution is -2.32. The van der Waals surface area contributed by atoms with Crippen LogP contribution in [0.5, 0.6) is 0 Å². The van der Waals surface area contributed by atoms with Crippen LogP contribution in [0.15, 0.2) is 29.4 Å². The zero-order chi connectivity index (χ0) is 18.1. The van der Waals surface area contributed by atoms with Gasteiger partial charge in [-0.3, -0.25) is 4.79 Å². The molecule has 1 saturated heterocycles. The summed E-state index contributed by atoms with van der Waals surface area (Å²) < 4.78 is 16.2. The van der Waals surface area contributed by atoms with Crippen LogP contribution in [0.4, 0.5) is 4.39 Å². The summed E-state index contributed by atoms with van der Waals surface area (Å²) in [5.74, 6) is 2.47. The van der Waals surface area contributed by atoms with Crippen LogP contribution < -0.4 is 0 Å². The summed E-state index contributed by atoms with van der Waals surface area (Å²) in [6.07, 6.45) is 2.36. The second-order valence-electron chi connectivity index (χ2n) is 6.48. The zero-order valence-electron chi connectivity index (χ0n) is 14.6. The lowest BCUT2D eigenvalue weighted by molar-refractivity contribution is -0.128. The Morgan fingerprint density at radius 2 is 2.15 bits per heavy atom. The molecule has 1 aliphatic heterocycles. The number of thioether (sulfide) groups is 2. The molecule has 1 aromatic carbocycles. The molecule has 1 amide bonds. The van der Waals surface area contributed by atoms with Crippen LogP contribution in [0, 0.1) is 5.82 Å². The average Bonchev–Trinajstić information content (AvgIpc) is 3.23.